The summed E-state index contributed by atoms with van der Waals surface area (Å²) in [5, 5.41) is 15.3. The molecule has 1 N–H and O–H groups in total. The van der Waals surface area contributed by atoms with E-state index in [1.165, 1.54) is 18.3 Å². The molecule has 0 unspecified atom stereocenters. The van der Waals surface area contributed by atoms with Gasteiger partial charge in [0.25, 0.3) is 0 Å². The topological polar surface area (TPSA) is 103 Å². The second-order valence-electron chi connectivity index (χ2n) is 4.61. The standard InChI is InChI=1S/C16H14ClN3O5/c1-2-24-16(21)19-18-10-11-7-8-15(13(9-11)20(22)23)25-14-6-4-3-5-12(14)17/h3-10H,2H2,1H3,(H,19,21)/b18-10-. The summed E-state index contributed by atoms with van der Waals surface area (Å²) in [6.45, 7) is 1.87. The highest BCUT2D eigenvalue weighted by atomic mass is 35.5. The van der Waals surface area contributed by atoms with Crippen molar-refractivity contribution in [2.24, 2.45) is 5.10 Å². The van der Waals surface area contributed by atoms with Crippen LogP contribution in [0.1, 0.15) is 12.5 Å². The maximum absolute atomic E-state index is 11.3. The minimum absolute atomic E-state index is 0.0357. The van der Waals surface area contributed by atoms with Gasteiger partial charge >= 0.3 is 11.8 Å². The lowest BCUT2D eigenvalue weighted by Crippen LogP contribution is -2.18. The highest BCUT2D eigenvalue weighted by molar-refractivity contribution is 6.32. The molecule has 2 rings (SSSR count). The SMILES string of the molecule is CCOC(=O)N/N=C\c1ccc(Oc2ccccc2Cl)c([N+](=O)[O-])c1. The average Bonchev–Trinajstić information content (AvgIpc) is 2.58. The number of nitrogens with one attached hydrogen (secondary N) is 1. The monoisotopic (exact) mass is 363 g/mol. The van der Waals surface area contributed by atoms with Crippen molar-refractivity contribution < 1.29 is 19.2 Å². The number of amides is 1. The minimum Gasteiger partial charge on any atom is -0.449 e. The molecule has 0 saturated heterocycles. The zero-order valence-corrected chi connectivity index (χ0v) is 13.9. The Labute approximate surface area is 148 Å². The van der Waals surface area contributed by atoms with Crippen molar-refractivity contribution in [3.05, 3.63) is 63.2 Å². The highest BCUT2D eigenvalue weighted by Gasteiger charge is 2.17. The van der Waals surface area contributed by atoms with E-state index in [1.54, 1.807) is 37.3 Å². The largest absolute Gasteiger partial charge is 0.449 e. The molecule has 130 valence electrons. The molecule has 0 fully saturated rings. The number of nitro groups is 1. The number of halogens is 1. The van der Waals surface area contributed by atoms with Gasteiger partial charge in [0, 0.05) is 11.6 Å². The Bertz CT molecular complexity index is 810. The van der Waals surface area contributed by atoms with E-state index in [0.717, 1.165) is 0 Å². The van der Waals surface area contributed by atoms with Crippen LogP contribution in [0.2, 0.25) is 5.02 Å². The fourth-order valence-corrected chi connectivity index (χ4v) is 1.99. The first-order chi connectivity index (χ1) is 12.0. The smallest absolute Gasteiger partial charge is 0.427 e. The van der Waals surface area contributed by atoms with Crippen molar-refractivity contribution in [1.82, 2.24) is 5.43 Å². The maximum Gasteiger partial charge on any atom is 0.427 e. The van der Waals surface area contributed by atoms with E-state index >= 15 is 0 Å². The molecule has 0 bridgehead atoms. The Morgan fingerprint density at radius 2 is 2.08 bits per heavy atom. The van der Waals surface area contributed by atoms with Gasteiger partial charge in [-0.1, -0.05) is 23.7 Å². The van der Waals surface area contributed by atoms with Crippen molar-refractivity contribution in [1.29, 1.82) is 0 Å². The Kier molecular flexibility index (Phi) is 6.30. The van der Waals surface area contributed by atoms with E-state index in [1.807, 2.05) is 0 Å². The predicted molar refractivity (Wildman–Crippen MR) is 92.4 cm³/mol. The van der Waals surface area contributed by atoms with Crippen LogP contribution in [0.5, 0.6) is 11.5 Å². The summed E-state index contributed by atoms with van der Waals surface area (Å²) < 4.78 is 10.2. The van der Waals surface area contributed by atoms with Gasteiger partial charge in [0.1, 0.15) is 5.75 Å². The number of rotatable bonds is 6. The van der Waals surface area contributed by atoms with Crippen molar-refractivity contribution in [3.8, 4) is 11.5 Å². The number of benzene rings is 2. The van der Waals surface area contributed by atoms with Gasteiger partial charge in [-0.15, -0.1) is 0 Å². The quantitative estimate of drug-likeness (QED) is 0.472. The lowest BCUT2D eigenvalue weighted by Gasteiger charge is -2.08. The molecule has 9 heteroatoms. The average molecular weight is 364 g/mol. The fourth-order valence-electron chi connectivity index (χ4n) is 1.81. The van der Waals surface area contributed by atoms with Crippen LogP contribution in [-0.2, 0) is 4.74 Å². The summed E-state index contributed by atoms with van der Waals surface area (Å²) >= 11 is 5.99. The third-order valence-corrected chi connectivity index (χ3v) is 3.19. The van der Waals surface area contributed by atoms with Crippen LogP contribution in [0.15, 0.2) is 47.6 Å². The van der Waals surface area contributed by atoms with Gasteiger partial charge in [-0.25, -0.2) is 10.2 Å². The highest BCUT2D eigenvalue weighted by Crippen LogP contribution is 2.34. The van der Waals surface area contributed by atoms with E-state index in [4.69, 9.17) is 16.3 Å². The number of carbonyl (C=O) groups excluding carboxylic acids is 1. The zero-order valence-electron chi connectivity index (χ0n) is 13.1. The molecule has 0 aliphatic heterocycles. The second-order valence-corrected chi connectivity index (χ2v) is 5.01. The van der Waals surface area contributed by atoms with Gasteiger partial charge in [0.15, 0.2) is 0 Å². The van der Waals surface area contributed by atoms with E-state index in [2.05, 4.69) is 15.3 Å². The van der Waals surface area contributed by atoms with Gasteiger partial charge < -0.3 is 9.47 Å². The number of nitrogens with zero attached hydrogens (tertiary/aromatic N) is 2. The molecule has 0 radical (unpaired) electrons. The molecule has 0 aliphatic rings. The summed E-state index contributed by atoms with van der Waals surface area (Å²) in [4.78, 5) is 21.8. The Morgan fingerprint density at radius 3 is 2.76 bits per heavy atom. The van der Waals surface area contributed by atoms with E-state index in [9.17, 15) is 14.9 Å². The van der Waals surface area contributed by atoms with Crippen molar-refractivity contribution in [2.75, 3.05) is 6.61 Å². The molecular formula is C16H14ClN3O5. The van der Waals surface area contributed by atoms with Crippen LogP contribution in [-0.4, -0.2) is 23.8 Å². The lowest BCUT2D eigenvalue weighted by atomic mass is 10.2. The fraction of sp³-hybridized carbons (Fsp3) is 0.125. The number of hydrogen-bond donors (Lipinski definition) is 1. The van der Waals surface area contributed by atoms with Crippen LogP contribution in [0, 0.1) is 10.1 Å². The van der Waals surface area contributed by atoms with Crippen LogP contribution in [0.4, 0.5) is 10.5 Å². The van der Waals surface area contributed by atoms with Crippen LogP contribution >= 0.6 is 11.6 Å². The molecule has 0 spiro atoms. The number of ether oxygens (including phenoxy) is 2. The predicted octanol–water partition coefficient (Wildman–Crippen LogP) is 4.12. The lowest BCUT2D eigenvalue weighted by molar-refractivity contribution is -0.385. The van der Waals surface area contributed by atoms with E-state index in [0.29, 0.717) is 16.3 Å². The Hall–Kier alpha value is -3.13. The molecule has 2 aromatic carbocycles. The van der Waals surface area contributed by atoms with Gasteiger partial charge in [-0.2, -0.15) is 5.10 Å². The minimum atomic E-state index is -0.716. The Morgan fingerprint density at radius 1 is 1.32 bits per heavy atom. The van der Waals surface area contributed by atoms with Gasteiger partial charge in [-0.05, 0) is 31.2 Å². The van der Waals surface area contributed by atoms with Crippen molar-refractivity contribution >= 4 is 29.6 Å². The zero-order chi connectivity index (χ0) is 18.2. The van der Waals surface area contributed by atoms with Gasteiger partial charge in [-0.3, -0.25) is 10.1 Å². The Balaban J connectivity index is 2.20. The van der Waals surface area contributed by atoms with E-state index < -0.39 is 11.0 Å². The molecule has 1 amide bonds. The molecule has 0 aromatic heterocycles. The summed E-state index contributed by atoms with van der Waals surface area (Å²) in [6.07, 6.45) is 0.537. The van der Waals surface area contributed by atoms with E-state index in [-0.39, 0.29) is 18.0 Å². The third-order valence-electron chi connectivity index (χ3n) is 2.88. The van der Waals surface area contributed by atoms with Gasteiger partial charge in [0.2, 0.25) is 5.75 Å². The maximum atomic E-state index is 11.3. The van der Waals surface area contributed by atoms with Crippen molar-refractivity contribution in [2.45, 2.75) is 6.92 Å². The molecular weight excluding hydrogens is 350 g/mol. The molecule has 25 heavy (non-hydrogen) atoms. The first kappa shape index (κ1) is 18.2. The van der Waals surface area contributed by atoms with Crippen LogP contribution < -0.4 is 10.2 Å². The van der Waals surface area contributed by atoms with Crippen molar-refractivity contribution in [3.63, 3.8) is 0 Å². The molecule has 0 atom stereocenters. The number of hydrazone groups is 1. The van der Waals surface area contributed by atoms with Crippen LogP contribution in [0.25, 0.3) is 0 Å². The molecule has 0 saturated carbocycles. The third kappa shape index (κ3) is 5.18. The normalized spacial score (nSPS) is 10.5. The number of para-hydroxylation sites is 1. The molecule has 0 aliphatic carbocycles. The molecule has 8 nitrogen and oxygen atoms in total. The first-order valence-corrected chi connectivity index (χ1v) is 7.55. The molecule has 0 heterocycles. The number of nitro benzene ring substituents is 1. The molecule has 2 aromatic rings. The second kappa shape index (κ2) is 8.65. The summed E-state index contributed by atoms with van der Waals surface area (Å²) in [5.74, 6) is 0.339. The first-order valence-electron chi connectivity index (χ1n) is 7.18. The summed E-state index contributed by atoms with van der Waals surface area (Å²) in [6, 6.07) is 10.9. The summed E-state index contributed by atoms with van der Waals surface area (Å²) in [5.41, 5.74) is 2.27. The summed E-state index contributed by atoms with van der Waals surface area (Å²) in [7, 11) is 0. The number of carbonyl (C=O) groups is 1. The van der Waals surface area contributed by atoms with Crippen LogP contribution in [0.3, 0.4) is 0 Å². The van der Waals surface area contributed by atoms with Gasteiger partial charge in [0.05, 0.1) is 22.8 Å². The number of hydrogen-bond acceptors (Lipinski definition) is 6.